The van der Waals surface area contributed by atoms with Crippen LogP contribution >= 0.6 is 0 Å². The molecular weight excluding hydrogens is 192 g/mol. The third-order valence-electron chi connectivity index (χ3n) is 3.35. The van der Waals surface area contributed by atoms with Gasteiger partial charge in [0.2, 0.25) is 0 Å². The highest BCUT2D eigenvalue weighted by molar-refractivity contribution is 5.43. The third-order valence-corrected chi connectivity index (χ3v) is 3.35. The molecule has 0 aliphatic heterocycles. The molecule has 0 saturated carbocycles. The highest BCUT2D eigenvalue weighted by Crippen LogP contribution is 2.39. The Balaban J connectivity index is 2.51. The minimum Gasteiger partial charge on any atom is -0.103 e. The van der Waals surface area contributed by atoms with E-state index in [1.165, 1.54) is 11.1 Å². The van der Waals surface area contributed by atoms with E-state index in [1.54, 1.807) is 0 Å². The predicted molar refractivity (Wildman–Crippen MR) is 70.6 cm³/mol. The summed E-state index contributed by atoms with van der Waals surface area (Å²) in [5.74, 6) is 0. The maximum absolute atomic E-state index is 3.89. The molecule has 0 nitrogen and oxygen atoms in total. The van der Waals surface area contributed by atoms with Gasteiger partial charge < -0.3 is 0 Å². The van der Waals surface area contributed by atoms with Crippen molar-refractivity contribution < 1.29 is 0 Å². The lowest BCUT2D eigenvalue weighted by Gasteiger charge is -2.34. The number of fused-ring (bicyclic) bond motifs is 1. The Bertz CT molecular complexity index is 413. The zero-order valence-electron chi connectivity index (χ0n) is 9.65. The molecule has 0 heterocycles. The molecule has 0 unspecified atom stereocenters. The molecule has 0 saturated heterocycles. The van der Waals surface area contributed by atoms with Crippen molar-refractivity contribution >= 4 is 0 Å². The highest BCUT2D eigenvalue weighted by atomic mass is 14.3. The van der Waals surface area contributed by atoms with Crippen LogP contribution in [0.1, 0.15) is 24.0 Å². The quantitative estimate of drug-likeness (QED) is 0.654. The van der Waals surface area contributed by atoms with Crippen LogP contribution in [-0.4, -0.2) is 0 Å². The van der Waals surface area contributed by atoms with Gasteiger partial charge in [0, 0.05) is 5.41 Å². The van der Waals surface area contributed by atoms with E-state index >= 15 is 0 Å². The van der Waals surface area contributed by atoms with Gasteiger partial charge in [0.25, 0.3) is 0 Å². The molecule has 0 bridgehead atoms. The lowest BCUT2D eigenvalue weighted by molar-refractivity contribution is 0.537. The van der Waals surface area contributed by atoms with Gasteiger partial charge in [-0.15, -0.1) is 13.2 Å². The van der Waals surface area contributed by atoms with E-state index in [0.717, 1.165) is 19.3 Å². The fraction of sp³-hybridized carbons (Fsp3) is 0.250. The molecule has 82 valence electrons. The SMILES string of the molecule is C=CCC1(CC=C)C=CCc2ccccc21. The Kier molecular flexibility index (Phi) is 3.09. The summed E-state index contributed by atoms with van der Waals surface area (Å²) in [5.41, 5.74) is 2.98. The normalized spacial score (nSPS) is 16.5. The highest BCUT2D eigenvalue weighted by Gasteiger charge is 2.30. The minimum atomic E-state index is 0.0956. The number of hydrogen-bond acceptors (Lipinski definition) is 0. The summed E-state index contributed by atoms with van der Waals surface area (Å²) in [5, 5.41) is 0. The van der Waals surface area contributed by atoms with Crippen LogP contribution in [0.2, 0.25) is 0 Å². The smallest absolute Gasteiger partial charge is 0.0203 e. The molecule has 16 heavy (non-hydrogen) atoms. The van der Waals surface area contributed by atoms with Gasteiger partial charge in [-0.05, 0) is 30.4 Å². The first kappa shape index (κ1) is 10.9. The molecule has 1 aliphatic carbocycles. The molecule has 0 radical (unpaired) electrons. The summed E-state index contributed by atoms with van der Waals surface area (Å²) in [7, 11) is 0. The lowest BCUT2D eigenvalue weighted by Crippen LogP contribution is -2.26. The maximum atomic E-state index is 3.89. The van der Waals surface area contributed by atoms with Gasteiger partial charge in [0.05, 0.1) is 0 Å². The fourth-order valence-electron chi connectivity index (χ4n) is 2.64. The average molecular weight is 210 g/mol. The largest absolute Gasteiger partial charge is 0.103 e. The van der Waals surface area contributed by atoms with Gasteiger partial charge in [0.15, 0.2) is 0 Å². The summed E-state index contributed by atoms with van der Waals surface area (Å²) in [6.45, 7) is 7.77. The molecule has 0 heteroatoms. The molecule has 1 aromatic carbocycles. The number of hydrogen-bond donors (Lipinski definition) is 0. The molecule has 0 aromatic heterocycles. The molecule has 2 rings (SSSR count). The van der Waals surface area contributed by atoms with Crippen LogP contribution < -0.4 is 0 Å². The van der Waals surface area contributed by atoms with E-state index in [0.29, 0.717) is 0 Å². The van der Waals surface area contributed by atoms with Crippen molar-refractivity contribution in [3.05, 3.63) is 72.9 Å². The third kappa shape index (κ3) is 1.76. The van der Waals surface area contributed by atoms with Crippen molar-refractivity contribution in [3.63, 3.8) is 0 Å². The van der Waals surface area contributed by atoms with Crippen molar-refractivity contribution in [1.82, 2.24) is 0 Å². The van der Waals surface area contributed by atoms with Gasteiger partial charge >= 0.3 is 0 Å². The molecule has 0 spiro atoms. The lowest BCUT2D eigenvalue weighted by atomic mass is 9.70. The molecule has 0 N–H and O–H groups in total. The molecule has 1 aromatic rings. The summed E-state index contributed by atoms with van der Waals surface area (Å²) in [4.78, 5) is 0. The summed E-state index contributed by atoms with van der Waals surface area (Å²) in [6, 6.07) is 8.70. The van der Waals surface area contributed by atoms with Gasteiger partial charge in [-0.1, -0.05) is 48.6 Å². The van der Waals surface area contributed by atoms with Gasteiger partial charge in [0.1, 0.15) is 0 Å². The Morgan fingerprint density at radius 2 is 1.81 bits per heavy atom. The predicted octanol–water partition coefficient (Wildman–Crippen LogP) is 4.19. The number of allylic oxidation sites excluding steroid dienone is 4. The van der Waals surface area contributed by atoms with E-state index in [4.69, 9.17) is 0 Å². The first-order valence-electron chi connectivity index (χ1n) is 5.80. The van der Waals surface area contributed by atoms with E-state index in [-0.39, 0.29) is 5.41 Å². The van der Waals surface area contributed by atoms with Crippen LogP contribution in [0.3, 0.4) is 0 Å². The monoisotopic (exact) mass is 210 g/mol. The first-order chi connectivity index (χ1) is 7.82. The Morgan fingerprint density at radius 3 is 2.50 bits per heavy atom. The summed E-state index contributed by atoms with van der Waals surface area (Å²) < 4.78 is 0. The van der Waals surface area contributed by atoms with E-state index in [2.05, 4.69) is 49.6 Å². The van der Waals surface area contributed by atoms with E-state index in [9.17, 15) is 0 Å². The molecule has 1 aliphatic rings. The summed E-state index contributed by atoms with van der Waals surface area (Å²) in [6.07, 6.45) is 11.6. The van der Waals surface area contributed by atoms with Gasteiger partial charge in [-0.25, -0.2) is 0 Å². The Morgan fingerprint density at radius 1 is 1.12 bits per heavy atom. The standard InChI is InChI=1S/C16H18/c1-3-11-16(12-4-2)13-7-9-14-8-5-6-10-15(14)16/h3-8,10,13H,1-2,9,11-12H2. The zero-order chi connectivity index (χ0) is 11.4. The van der Waals surface area contributed by atoms with E-state index in [1.807, 2.05) is 12.2 Å². The first-order valence-corrected chi connectivity index (χ1v) is 5.80. The molecule has 0 atom stereocenters. The zero-order valence-corrected chi connectivity index (χ0v) is 9.65. The second-order valence-electron chi connectivity index (χ2n) is 4.41. The molecular formula is C16H18. The van der Waals surface area contributed by atoms with Gasteiger partial charge in [-0.3, -0.25) is 0 Å². The van der Waals surface area contributed by atoms with E-state index < -0.39 is 0 Å². The molecule has 0 fully saturated rings. The Hall–Kier alpha value is -1.56. The van der Waals surface area contributed by atoms with Gasteiger partial charge in [-0.2, -0.15) is 0 Å². The van der Waals surface area contributed by atoms with Crippen molar-refractivity contribution in [2.75, 3.05) is 0 Å². The van der Waals surface area contributed by atoms with Crippen molar-refractivity contribution in [3.8, 4) is 0 Å². The van der Waals surface area contributed by atoms with Crippen LogP contribution in [0.4, 0.5) is 0 Å². The molecule has 0 amide bonds. The average Bonchev–Trinajstić information content (AvgIpc) is 2.30. The second-order valence-corrected chi connectivity index (χ2v) is 4.41. The second kappa shape index (κ2) is 4.52. The fourth-order valence-corrected chi connectivity index (χ4v) is 2.64. The van der Waals surface area contributed by atoms with Crippen LogP contribution in [0, 0.1) is 0 Å². The van der Waals surface area contributed by atoms with Crippen LogP contribution in [0.5, 0.6) is 0 Å². The van der Waals surface area contributed by atoms with Crippen molar-refractivity contribution in [1.29, 1.82) is 0 Å². The minimum absolute atomic E-state index is 0.0956. The van der Waals surface area contributed by atoms with Crippen molar-refractivity contribution in [2.24, 2.45) is 0 Å². The maximum Gasteiger partial charge on any atom is 0.0203 e. The Labute approximate surface area is 98.0 Å². The topological polar surface area (TPSA) is 0 Å². The van der Waals surface area contributed by atoms with Crippen LogP contribution in [0.25, 0.3) is 0 Å². The number of rotatable bonds is 4. The summed E-state index contributed by atoms with van der Waals surface area (Å²) >= 11 is 0. The van der Waals surface area contributed by atoms with Crippen LogP contribution in [0.15, 0.2) is 61.7 Å². The van der Waals surface area contributed by atoms with Crippen LogP contribution in [-0.2, 0) is 11.8 Å². The number of benzene rings is 1. The van der Waals surface area contributed by atoms with Crippen molar-refractivity contribution in [2.45, 2.75) is 24.7 Å².